The quantitative estimate of drug-likeness (QED) is 0.605. The summed E-state index contributed by atoms with van der Waals surface area (Å²) in [6.07, 6.45) is 3.24. The molecule has 1 amide bonds. The van der Waals surface area contributed by atoms with Crippen LogP contribution in [-0.2, 0) is 14.8 Å². The summed E-state index contributed by atoms with van der Waals surface area (Å²) in [6, 6.07) is 13.1. The molecule has 2 aromatic carbocycles. The van der Waals surface area contributed by atoms with Crippen molar-refractivity contribution in [3.8, 4) is 11.4 Å². The molecule has 0 spiro atoms. The fraction of sp³-hybridized carbons (Fsp3) is 0.263. The van der Waals surface area contributed by atoms with Crippen molar-refractivity contribution in [2.45, 2.75) is 17.7 Å². The molecule has 10 nitrogen and oxygen atoms in total. The first-order valence-corrected chi connectivity index (χ1v) is 10.8. The lowest BCUT2D eigenvalue weighted by atomic mass is 10.3. The molecule has 1 N–H and O–H groups in total. The van der Waals surface area contributed by atoms with Crippen molar-refractivity contribution in [2.75, 3.05) is 25.0 Å². The smallest absolute Gasteiger partial charge is 0.262 e. The molecule has 30 heavy (non-hydrogen) atoms. The van der Waals surface area contributed by atoms with Crippen molar-refractivity contribution in [1.82, 2.24) is 24.5 Å². The lowest BCUT2D eigenvalue weighted by molar-refractivity contribution is -0.118. The van der Waals surface area contributed by atoms with Crippen LogP contribution in [0.1, 0.15) is 12.8 Å². The minimum Gasteiger partial charge on any atom is -0.484 e. The molecule has 0 bridgehead atoms. The number of hydrogen-bond donors (Lipinski definition) is 1. The molecule has 156 valence electrons. The molecule has 1 aliphatic heterocycles. The number of carbonyl (C=O) groups is 1. The van der Waals surface area contributed by atoms with Crippen LogP contribution < -0.4 is 10.1 Å². The summed E-state index contributed by atoms with van der Waals surface area (Å²) in [6.45, 7) is 0.918. The van der Waals surface area contributed by atoms with Gasteiger partial charge in [-0.1, -0.05) is 0 Å². The van der Waals surface area contributed by atoms with Gasteiger partial charge in [0, 0.05) is 18.8 Å². The number of ether oxygens (including phenoxy) is 1. The highest BCUT2D eigenvalue weighted by Gasteiger charge is 2.26. The highest BCUT2D eigenvalue weighted by molar-refractivity contribution is 7.89. The molecule has 11 heteroatoms. The van der Waals surface area contributed by atoms with Crippen molar-refractivity contribution < 1.29 is 17.9 Å². The van der Waals surface area contributed by atoms with Crippen LogP contribution in [0.5, 0.6) is 5.75 Å². The fourth-order valence-corrected chi connectivity index (χ4v) is 4.63. The van der Waals surface area contributed by atoms with Crippen molar-refractivity contribution in [3.05, 3.63) is 54.9 Å². The second-order valence-electron chi connectivity index (χ2n) is 6.72. The summed E-state index contributed by atoms with van der Waals surface area (Å²) in [7, 11) is -3.47. The van der Waals surface area contributed by atoms with E-state index in [1.54, 1.807) is 36.4 Å². The second-order valence-corrected chi connectivity index (χ2v) is 8.66. The lowest BCUT2D eigenvalue weighted by Gasteiger charge is -2.15. The number of hydrogen-bond acceptors (Lipinski definition) is 7. The maximum absolute atomic E-state index is 12.5. The number of amides is 1. The molecule has 3 aromatic rings. The van der Waals surface area contributed by atoms with Gasteiger partial charge in [-0.3, -0.25) is 4.79 Å². The number of nitrogens with one attached hydrogen (secondary N) is 1. The van der Waals surface area contributed by atoms with E-state index >= 15 is 0 Å². The van der Waals surface area contributed by atoms with Crippen molar-refractivity contribution in [2.24, 2.45) is 0 Å². The molecule has 0 radical (unpaired) electrons. The Morgan fingerprint density at radius 3 is 2.37 bits per heavy atom. The van der Waals surface area contributed by atoms with E-state index in [0.717, 1.165) is 18.5 Å². The van der Waals surface area contributed by atoms with Crippen LogP contribution in [0.3, 0.4) is 0 Å². The molecule has 1 fully saturated rings. The number of aromatic nitrogens is 4. The summed E-state index contributed by atoms with van der Waals surface area (Å²) in [5.74, 6) is 0.170. The Hall–Kier alpha value is -3.31. The number of anilines is 1. The molecule has 1 aliphatic rings. The minimum absolute atomic E-state index is 0.182. The number of sulfonamides is 1. The summed E-state index contributed by atoms with van der Waals surface area (Å²) < 4.78 is 33.5. The first-order valence-electron chi connectivity index (χ1n) is 9.39. The summed E-state index contributed by atoms with van der Waals surface area (Å²) in [5, 5.41) is 13.6. The number of benzene rings is 2. The molecule has 0 atom stereocenters. The lowest BCUT2D eigenvalue weighted by Crippen LogP contribution is -2.27. The number of rotatable bonds is 7. The third-order valence-corrected chi connectivity index (χ3v) is 6.57. The average Bonchev–Trinajstić information content (AvgIpc) is 3.47. The number of carbonyl (C=O) groups excluding carboxylic acids is 1. The Morgan fingerprint density at radius 1 is 1.03 bits per heavy atom. The molecule has 0 unspecified atom stereocenters. The van der Waals surface area contributed by atoms with E-state index in [1.807, 2.05) is 0 Å². The van der Waals surface area contributed by atoms with Crippen LogP contribution in [0.15, 0.2) is 59.8 Å². The zero-order valence-corrected chi connectivity index (χ0v) is 16.8. The molecular weight excluding hydrogens is 408 g/mol. The molecule has 1 saturated heterocycles. The summed E-state index contributed by atoms with van der Waals surface area (Å²) in [4.78, 5) is 12.4. The van der Waals surface area contributed by atoms with Gasteiger partial charge >= 0.3 is 0 Å². The van der Waals surface area contributed by atoms with Crippen molar-refractivity contribution in [1.29, 1.82) is 0 Å². The molecule has 0 aliphatic carbocycles. The highest BCUT2D eigenvalue weighted by atomic mass is 32.2. The largest absolute Gasteiger partial charge is 0.484 e. The Bertz CT molecular complexity index is 1090. The van der Waals surface area contributed by atoms with Crippen LogP contribution >= 0.6 is 0 Å². The van der Waals surface area contributed by atoms with Crippen LogP contribution in [0.25, 0.3) is 5.69 Å². The summed E-state index contributed by atoms with van der Waals surface area (Å²) in [5.41, 5.74) is 1.26. The standard InChI is InChI=1S/C19H20N6O4S/c26-19(13-29-17-7-5-16(6-8-17)25-14-20-22-23-25)21-15-3-9-18(10-4-15)30(27,28)24-11-1-2-12-24/h3-10,14H,1-2,11-13H2,(H,21,26). The van der Waals surface area contributed by atoms with Gasteiger partial charge in [0.1, 0.15) is 12.1 Å². The Labute approximate surface area is 173 Å². The zero-order valence-electron chi connectivity index (χ0n) is 16.0. The van der Waals surface area contributed by atoms with Crippen LogP contribution in [-0.4, -0.2) is 58.5 Å². The van der Waals surface area contributed by atoms with Gasteiger partial charge in [-0.25, -0.2) is 13.1 Å². The fourth-order valence-electron chi connectivity index (χ4n) is 3.11. The second kappa shape index (κ2) is 8.59. The Morgan fingerprint density at radius 2 is 1.73 bits per heavy atom. The van der Waals surface area contributed by atoms with Crippen LogP contribution in [0.4, 0.5) is 5.69 Å². The molecule has 4 rings (SSSR count). The maximum Gasteiger partial charge on any atom is 0.262 e. The van der Waals surface area contributed by atoms with E-state index in [1.165, 1.54) is 27.4 Å². The predicted octanol–water partition coefficient (Wildman–Crippen LogP) is 1.46. The first kappa shape index (κ1) is 20.0. The van der Waals surface area contributed by atoms with Gasteiger partial charge in [0.25, 0.3) is 5.91 Å². The van der Waals surface area contributed by atoms with Gasteiger partial charge in [0.15, 0.2) is 6.61 Å². The monoisotopic (exact) mass is 428 g/mol. The minimum atomic E-state index is -3.47. The van der Waals surface area contributed by atoms with Gasteiger partial charge in [0.2, 0.25) is 10.0 Å². The van der Waals surface area contributed by atoms with Gasteiger partial charge in [0.05, 0.1) is 10.6 Å². The van der Waals surface area contributed by atoms with E-state index in [4.69, 9.17) is 4.74 Å². The van der Waals surface area contributed by atoms with Crippen LogP contribution in [0, 0.1) is 0 Å². The van der Waals surface area contributed by atoms with Gasteiger partial charge in [-0.2, -0.15) is 4.31 Å². The first-order chi connectivity index (χ1) is 14.5. The third kappa shape index (κ3) is 4.47. The van der Waals surface area contributed by atoms with E-state index in [2.05, 4.69) is 20.8 Å². The number of nitrogens with zero attached hydrogens (tertiary/aromatic N) is 5. The topological polar surface area (TPSA) is 119 Å². The Balaban J connectivity index is 1.31. The van der Waals surface area contributed by atoms with Crippen LogP contribution in [0.2, 0.25) is 0 Å². The van der Waals surface area contributed by atoms with Gasteiger partial charge < -0.3 is 10.1 Å². The van der Waals surface area contributed by atoms with E-state index in [-0.39, 0.29) is 17.4 Å². The zero-order chi connectivity index (χ0) is 21.0. The third-order valence-electron chi connectivity index (χ3n) is 4.66. The van der Waals surface area contributed by atoms with Gasteiger partial charge in [-0.15, -0.1) is 5.10 Å². The molecule has 2 heterocycles. The van der Waals surface area contributed by atoms with Gasteiger partial charge in [-0.05, 0) is 71.8 Å². The normalized spacial score (nSPS) is 14.5. The van der Waals surface area contributed by atoms with E-state index in [0.29, 0.717) is 24.5 Å². The molecule has 0 saturated carbocycles. The van der Waals surface area contributed by atoms with Crippen molar-refractivity contribution in [3.63, 3.8) is 0 Å². The molecular formula is C19H20N6O4S. The number of tetrazole rings is 1. The van der Waals surface area contributed by atoms with Crippen molar-refractivity contribution >= 4 is 21.6 Å². The maximum atomic E-state index is 12.5. The molecule has 1 aromatic heterocycles. The highest BCUT2D eigenvalue weighted by Crippen LogP contribution is 2.22. The Kier molecular flexibility index (Phi) is 5.72. The SMILES string of the molecule is O=C(COc1ccc(-n2cnnn2)cc1)Nc1ccc(S(=O)(=O)N2CCCC2)cc1. The predicted molar refractivity (Wildman–Crippen MR) is 108 cm³/mol. The van der Waals surface area contributed by atoms with E-state index in [9.17, 15) is 13.2 Å². The average molecular weight is 428 g/mol. The van der Waals surface area contributed by atoms with E-state index < -0.39 is 10.0 Å². The summed E-state index contributed by atoms with van der Waals surface area (Å²) >= 11 is 0.